The fraction of sp³-hybridized carbons (Fsp3) is 0.214. The second-order valence-corrected chi connectivity index (χ2v) is 4.73. The van der Waals surface area contributed by atoms with Gasteiger partial charge >= 0.3 is 0 Å². The van der Waals surface area contributed by atoms with Crippen molar-refractivity contribution < 1.29 is 4.92 Å². The summed E-state index contributed by atoms with van der Waals surface area (Å²) in [6.07, 6.45) is 0.788. The third-order valence-corrected chi connectivity index (χ3v) is 2.95. The Morgan fingerprint density at radius 3 is 2.57 bits per heavy atom. The molecule has 0 amide bonds. The molecule has 0 aliphatic carbocycles. The SMILES string of the molecule is CC(Cc1ccccc1)Nc1cc([N+](=O)[O-])cc(NN)n1. The number of aromatic nitrogens is 1. The molecule has 7 nitrogen and oxygen atoms in total. The monoisotopic (exact) mass is 287 g/mol. The molecule has 1 unspecified atom stereocenters. The Kier molecular flexibility index (Phi) is 4.68. The normalized spacial score (nSPS) is 11.7. The molecule has 0 aliphatic rings. The van der Waals surface area contributed by atoms with Crippen molar-refractivity contribution in [1.29, 1.82) is 0 Å². The fourth-order valence-corrected chi connectivity index (χ4v) is 2.04. The van der Waals surface area contributed by atoms with E-state index in [1.54, 1.807) is 0 Å². The van der Waals surface area contributed by atoms with Crippen LogP contribution < -0.4 is 16.6 Å². The van der Waals surface area contributed by atoms with Crippen LogP contribution in [-0.4, -0.2) is 15.9 Å². The second-order valence-electron chi connectivity index (χ2n) is 4.73. The molecular weight excluding hydrogens is 270 g/mol. The van der Waals surface area contributed by atoms with Gasteiger partial charge < -0.3 is 10.7 Å². The molecule has 4 N–H and O–H groups in total. The molecule has 1 heterocycles. The summed E-state index contributed by atoms with van der Waals surface area (Å²) in [6.45, 7) is 1.99. The predicted molar refractivity (Wildman–Crippen MR) is 81.9 cm³/mol. The lowest BCUT2D eigenvalue weighted by molar-refractivity contribution is -0.384. The number of hydrogen-bond donors (Lipinski definition) is 3. The van der Waals surface area contributed by atoms with E-state index in [2.05, 4.69) is 15.7 Å². The van der Waals surface area contributed by atoms with Crippen LogP contribution in [0.15, 0.2) is 42.5 Å². The number of hydrogen-bond acceptors (Lipinski definition) is 6. The van der Waals surface area contributed by atoms with E-state index in [9.17, 15) is 10.1 Å². The van der Waals surface area contributed by atoms with Crippen molar-refractivity contribution in [3.63, 3.8) is 0 Å². The lowest BCUT2D eigenvalue weighted by Gasteiger charge is -2.15. The third kappa shape index (κ3) is 4.15. The molecule has 0 radical (unpaired) electrons. The average Bonchev–Trinajstić information content (AvgIpc) is 2.47. The highest BCUT2D eigenvalue weighted by Gasteiger charge is 2.12. The van der Waals surface area contributed by atoms with Crippen LogP contribution >= 0.6 is 0 Å². The quantitative estimate of drug-likeness (QED) is 0.427. The Balaban J connectivity index is 2.11. The lowest BCUT2D eigenvalue weighted by atomic mass is 10.1. The number of hydrazine groups is 1. The molecule has 0 spiro atoms. The van der Waals surface area contributed by atoms with E-state index < -0.39 is 4.92 Å². The maximum absolute atomic E-state index is 10.9. The lowest BCUT2D eigenvalue weighted by Crippen LogP contribution is -2.19. The van der Waals surface area contributed by atoms with Crippen molar-refractivity contribution in [2.75, 3.05) is 10.7 Å². The van der Waals surface area contributed by atoms with Gasteiger partial charge in [-0.3, -0.25) is 10.1 Å². The first kappa shape index (κ1) is 14.7. The van der Waals surface area contributed by atoms with Crippen LogP contribution in [0.2, 0.25) is 0 Å². The van der Waals surface area contributed by atoms with Gasteiger partial charge in [-0.05, 0) is 18.9 Å². The zero-order chi connectivity index (χ0) is 15.2. The van der Waals surface area contributed by atoms with Gasteiger partial charge in [-0.25, -0.2) is 10.8 Å². The first-order valence-corrected chi connectivity index (χ1v) is 6.52. The number of nitrogens with two attached hydrogens (primary N) is 1. The van der Waals surface area contributed by atoms with Gasteiger partial charge in [-0.2, -0.15) is 0 Å². The highest BCUT2D eigenvalue weighted by Crippen LogP contribution is 2.21. The molecule has 1 aromatic heterocycles. The van der Waals surface area contributed by atoms with E-state index >= 15 is 0 Å². The van der Waals surface area contributed by atoms with Crippen LogP contribution in [0.5, 0.6) is 0 Å². The van der Waals surface area contributed by atoms with E-state index in [0.29, 0.717) is 5.82 Å². The minimum absolute atomic E-state index is 0.0626. The first-order chi connectivity index (χ1) is 10.1. The number of nitro groups is 1. The Morgan fingerprint density at radius 2 is 1.95 bits per heavy atom. The summed E-state index contributed by atoms with van der Waals surface area (Å²) in [5.74, 6) is 5.95. The molecule has 0 fully saturated rings. The van der Waals surface area contributed by atoms with Crippen LogP contribution in [0, 0.1) is 10.1 Å². The zero-order valence-electron chi connectivity index (χ0n) is 11.6. The molecular formula is C14H17N5O2. The smallest absolute Gasteiger partial charge is 0.276 e. The van der Waals surface area contributed by atoms with Gasteiger partial charge in [0.2, 0.25) is 0 Å². The summed E-state index contributed by atoms with van der Waals surface area (Å²) in [4.78, 5) is 14.6. The molecule has 1 atom stereocenters. The summed E-state index contributed by atoms with van der Waals surface area (Å²) >= 11 is 0. The average molecular weight is 287 g/mol. The fourth-order valence-electron chi connectivity index (χ4n) is 2.04. The number of nitrogen functional groups attached to an aromatic ring is 1. The molecule has 2 aromatic rings. The topological polar surface area (TPSA) is 106 Å². The minimum atomic E-state index is -0.477. The number of anilines is 2. The van der Waals surface area contributed by atoms with E-state index in [1.165, 1.54) is 17.7 Å². The van der Waals surface area contributed by atoms with Crippen LogP contribution in [-0.2, 0) is 6.42 Å². The van der Waals surface area contributed by atoms with Crippen LogP contribution in [0.3, 0.4) is 0 Å². The molecule has 0 aliphatic heterocycles. The number of benzene rings is 1. The van der Waals surface area contributed by atoms with Crippen LogP contribution in [0.4, 0.5) is 17.3 Å². The number of rotatable bonds is 6. The highest BCUT2D eigenvalue weighted by atomic mass is 16.6. The summed E-state index contributed by atoms with van der Waals surface area (Å²) in [5.41, 5.74) is 3.45. The molecule has 2 rings (SSSR count). The van der Waals surface area contributed by atoms with Gasteiger partial charge in [0.15, 0.2) is 0 Å². The number of nitrogens with zero attached hydrogens (tertiary/aromatic N) is 2. The largest absolute Gasteiger partial charge is 0.367 e. The molecule has 0 saturated carbocycles. The van der Waals surface area contributed by atoms with Gasteiger partial charge in [0, 0.05) is 6.04 Å². The Labute approximate surface area is 122 Å². The summed E-state index contributed by atoms with van der Waals surface area (Å²) < 4.78 is 0. The van der Waals surface area contributed by atoms with Gasteiger partial charge in [-0.1, -0.05) is 30.3 Å². The van der Waals surface area contributed by atoms with E-state index in [-0.39, 0.29) is 17.5 Å². The van der Waals surface area contributed by atoms with Crippen molar-refractivity contribution in [2.45, 2.75) is 19.4 Å². The molecule has 0 bridgehead atoms. The first-order valence-electron chi connectivity index (χ1n) is 6.52. The van der Waals surface area contributed by atoms with E-state index in [0.717, 1.165) is 6.42 Å². The van der Waals surface area contributed by atoms with Gasteiger partial charge in [0.05, 0.1) is 17.1 Å². The third-order valence-electron chi connectivity index (χ3n) is 2.95. The second kappa shape index (κ2) is 6.67. The van der Waals surface area contributed by atoms with Crippen molar-refractivity contribution in [1.82, 2.24) is 4.98 Å². The number of nitrogens with one attached hydrogen (secondary N) is 2. The molecule has 1 aromatic carbocycles. The maximum Gasteiger partial charge on any atom is 0.276 e. The maximum atomic E-state index is 10.9. The Morgan fingerprint density at radius 1 is 1.29 bits per heavy atom. The summed E-state index contributed by atoms with van der Waals surface area (Å²) in [6, 6.07) is 12.7. The van der Waals surface area contributed by atoms with Crippen molar-refractivity contribution >= 4 is 17.3 Å². The molecule has 21 heavy (non-hydrogen) atoms. The predicted octanol–water partition coefficient (Wildman–Crippen LogP) is 2.32. The van der Waals surface area contributed by atoms with E-state index in [1.807, 2.05) is 37.3 Å². The highest BCUT2D eigenvalue weighted by molar-refractivity contribution is 5.54. The van der Waals surface area contributed by atoms with Gasteiger partial charge in [-0.15, -0.1) is 0 Å². The van der Waals surface area contributed by atoms with Crippen molar-refractivity contribution in [3.8, 4) is 0 Å². The number of pyridine rings is 1. The Hall–Kier alpha value is -2.67. The van der Waals surface area contributed by atoms with Crippen molar-refractivity contribution in [3.05, 3.63) is 58.1 Å². The molecule has 110 valence electrons. The Bertz CT molecular complexity index is 618. The summed E-state index contributed by atoms with van der Waals surface area (Å²) in [5, 5.41) is 14.0. The van der Waals surface area contributed by atoms with Crippen LogP contribution in [0.1, 0.15) is 12.5 Å². The molecule has 0 saturated heterocycles. The zero-order valence-corrected chi connectivity index (χ0v) is 11.6. The van der Waals surface area contributed by atoms with Crippen LogP contribution in [0.25, 0.3) is 0 Å². The van der Waals surface area contributed by atoms with Crippen molar-refractivity contribution in [2.24, 2.45) is 5.84 Å². The van der Waals surface area contributed by atoms with Gasteiger partial charge in [0.1, 0.15) is 11.6 Å². The standard InChI is InChI=1S/C14H17N5O2/c1-10(7-11-5-3-2-4-6-11)16-13-8-12(19(20)21)9-14(17-13)18-15/h2-6,8-10H,7,15H2,1H3,(H2,16,17,18). The van der Waals surface area contributed by atoms with Gasteiger partial charge in [0.25, 0.3) is 5.69 Å². The summed E-state index contributed by atoms with van der Waals surface area (Å²) in [7, 11) is 0. The molecule has 7 heteroatoms. The minimum Gasteiger partial charge on any atom is -0.367 e. The van der Waals surface area contributed by atoms with E-state index in [4.69, 9.17) is 5.84 Å².